The number of hydrogen-bond donors (Lipinski definition) is 2. The first-order valence-corrected chi connectivity index (χ1v) is 8.42. The summed E-state index contributed by atoms with van der Waals surface area (Å²) in [7, 11) is 0. The van der Waals surface area contributed by atoms with E-state index in [4.69, 9.17) is 0 Å². The molecule has 0 unspecified atom stereocenters. The Morgan fingerprint density at radius 3 is 2.14 bits per heavy atom. The maximum Gasteiger partial charge on any atom is 0.217 e. The number of aliphatic hydroxyl groups excluding tert-OH is 1. The zero-order chi connectivity index (χ0) is 15.2. The van der Waals surface area contributed by atoms with E-state index in [9.17, 15) is 9.90 Å². The fraction of sp³-hybridized carbons (Fsp3) is 0.722. The highest BCUT2D eigenvalue weighted by Crippen LogP contribution is 2.30. The molecule has 3 heteroatoms. The fourth-order valence-corrected chi connectivity index (χ4v) is 3.58. The topological polar surface area (TPSA) is 49.3 Å². The molecule has 0 bridgehead atoms. The van der Waals surface area contributed by atoms with Crippen molar-refractivity contribution < 1.29 is 9.90 Å². The Balaban J connectivity index is 2.12. The molecule has 0 radical (unpaired) electrons. The van der Waals surface area contributed by atoms with E-state index in [1.165, 1.54) is 36.8 Å². The van der Waals surface area contributed by atoms with Crippen molar-refractivity contribution in [3.8, 4) is 0 Å². The molecule has 0 spiro atoms. The first kappa shape index (κ1) is 16.3. The van der Waals surface area contributed by atoms with Crippen LogP contribution < -0.4 is 5.32 Å². The van der Waals surface area contributed by atoms with Gasteiger partial charge >= 0.3 is 0 Å². The lowest BCUT2D eigenvalue weighted by Gasteiger charge is -2.33. The molecule has 0 aromatic carbocycles. The van der Waals surface area contributed by atoms with Crippen molar-refractivity contribution in [3.63, 3.8) is 0 Å². The van der Waals surface area contributed by atoms with Crippen LogP contribution in [-0.4, -0.2) is 23.2 Å². The quantitative estimate of drug-likeness (QED) is 0.762. The standard InChI is InChI=1S/C18H29NO2/c1-13(18(21)16-11-7-4-8-12-16)17(19-14(2)20)15-9-5-3-6-10-15/h9,11,13,17-18,21H,3-8,10,12H2,1-2H3,(H,19,20)/t13-,17+,18-/m0/s1. The number of allylic oxidation sites excluding steroid dienone is 2. The Kier molecular flexibility index (Phi) is 6.04. The van der Waals surface area contributed by atoms with Crippen LogP contribution in [0.2, 0.25) is 0 Å². The number of amides is 1. The highest BCUT2D eigenvalue weighted by molar-refractivity contribution is 5.73. The number of carbonyl (C=O) groups is 1. The highest BCUT2D eigenvalue weighted by Gasteiger charge is 2.30. The molecule has 2 aliphatic rings. The third-order valence-corrected chi connectivity index (χ3v) is 4.81. The summed E-state index contributed by atoms with van der Waals surface area (Å²) in [6.07, 6.45) is 13.1. The normalized spacial score (nSPS) is 23.6. The number of hydrogen-bond acceptors (Lipinski definition) is 2. The van der Waals surface area contributed by atoms with Crippen LogP contribution in [0.3, 0.4) is 0 Å². The fourth-order valence-electron chi connectivity index (χ4n) is 3.58. The van der Waals surface area contributed by atoms with Crippen molar-refractivity contribution >= 4 is 5.91 Å². The summed E-state index contributed by atoms with van der Waals surface area (Å²) in [4.78, 5) is 11.6. The predicted molar refractivity (Wildman–Crippen MR) is 85.9 cm³/mol. The summed E-state index contributed by atoms with van der Waals surface area (Å²) < 4.78 is 0. The summed E-state index contributed by atoms with van der Waals surface area (Å²) in [5.74, 6) is 0.0192. The predicted octanol–water partition coefficient (Wildman–Crippen LogP) is 3.49. The van der Waals surface area contributed by atoms with Crippen LogP contribution in [0.15, 0.2) is 23.3 Å². The first-order valence-electron chi connectivity index (χ1n) is 8.42. The Morgan fingerprint density at radius 1 is 1.10 bits per heavy atom. The van der Waals surface area contributed by atoms with Crippen LogP contribution in [-0.2, 0) is 4.79 Å². The minimum atomic E-state index is -0.440. The van der Waals surface area contributed by atoms with Crippen molar-refractivity contribution in [2.75, 3.05) is 0 Å². The second kappa shape index (κ2) is 7.79. The molecule has 2 rings (SSSR count). The molecule has 118 valence electrons. The number of rotatable bonds is 5. The van der Waals surface area contributed by atoms with E-state index in [0.717, 1.165) is 25.7 Å². The Labute approximate surface area is 128 Å². The zero-order valence-electron chi connectivity index (χ0n) is 13.4. The first-order chi connectivity index (χ1) is 10.1. The molecule has 21 heavy (non-hydrogen) atoms. The van der Waals surface area contributed by atoms with Crippen LogP contribution in [0.4, 0.5) is 0 Å². The molecule has 0 heterocycles. The maximum atomic E-state index is 11.6. The highest BCUT2D eigenvalue weighted by atomic mass is 16.3. The minimum absolute atomic E-state index is 0.0110. The van der Waals surface area contributed by atoms with Gasteiger partial charge in [-0.25, -0.2) is 0 Å². The molecule has 3 atom stereocenters. The zero-order valence-corrected chi connectivity index (χ0v) is 13.4. The molecule has 1 amide bonds. The van der Waals surface area contributed by atoms with E-state index >= 15 is 0 Å². The summed E-state index contributed by atoms with van der Waals surface area (Å²) in [6.45, 7) is 3.63. The summed E-state index contributed by atoms with van der Waals surface area (Å²) in [6, 6.07) is -0.0272. The van der Waals surface area contributed by atoms with Crippen molar-refractivity contribution in [1.82, 2.24) is 5.32 Å². The van der Waals surface area contributed by atoms with Crippen LogP contribution in [0, 0.1) is 5.92 Å². The average Bonchev–Trinajstić information content (AvgIpc) is 2.53. The van der Waals surface area contributed by atoms with Crippen LogP contribution >= 0.6 is 0 Å². The van der Waals surface area contributed by atoms with Crippen LogP contribution in [0.25, 0.3) is 0 Å². The lowest BCUT2D eigenvalue weighted by atomic mass is 9.80. The molecule has 0 aromatic rings. The Bertz CT molecular complexity index is 425. The van der Waals surface area contributed by atoms with Gasteiger partial charge in [-0.2, -0.15) is 0 Å². The van der Waals surface area contributed by atoms with Crippen molar-refractivity contribution in [3.05, 3.63) is 23.3 Å². The van der Waals surface area contributed by atoms with Gasteiger partial charge in [0.05, 0.1) is 12.1 Å². The molecule has 0 aromatic heterocycles. The third kappa shape index (κ3) is 4.44. The van der Waals surface area contributed by atoms with Gasteiger partial charge in [0.2, 0.25) is 5.91 Å². The molecule has 0 aliphatic heterocycles. The van der Waals surface area contributed by atoms with E-state index < -0.39 is 6.10 Å². The lowest BCUT2D eigenvalue weighted by molar-refractivity contribution is -0.119. The molecule has 0 saturated heterocycles. The molecule has 2 N–H and O–H groups in total. The van der Waals surface area contributed by atoms with Gasteiger partial charge in [0, 0.05) is 12.8 Å². The minimum Gasteiger partial charge on any atom is -0.388 e. The van der Waals surface area contributed by atoms with Crippen LogP contribution in [0.5, 0.6) is 0 Å². The van der Waals surface area contributed by atoms with Gasteiger partial charge in [-0.15, -0.1) is 0 Å². The van der Waals surface area contributed by atoms with Crippen molar-refractivity contribution in [2.45, 2.75) is 77.4 Å². The molecular weight excluding hydrogens is 262 g/mol. The molecular formula is C18H29NO2. The molecule has 2 aliphatic carbocycles. The maximum absolute atomic E-state index is 11.6. The largest absolute Gasteiger partial charge is 0.388 e. The second-order valence-corrected chi connectivity index (χ2v) is 6.53. The Morgan fingerprint density at radius 2 is 1.67 bits per heavy atom. The summed E-state index contributed by atoms with van der Waals surface area (Å²) >= 11 is 0. The van der Waals surface area contributed by atoms with Crippen molar-refractivity contribution in [1.29, 1.82) is 0 Å². The lowest BCUT2D eigenvalue weighted by Crippen LogP contribution is -2.45. The van der Waals surface area contributed by atoms with Crippen molar-refractivity contribution in [2.24, 2.45) is 5.92 Å². The third-order valence-electron chi connectivity index (χ3n) is 4.81. The van der Waals surface area contributed by atoms with Gasteiger partial charge in [-0.3, -0.25) is 4.79 Å². The molecule has 3 nitrogen and oxygen atoms in total. The molecule has 0 saturated carbocycles. The van der Waals surface area contributed by atoms with Gasteiger partial charge in [0.1, 0.15) is 0 Å². The summed E-state index contributed by atoms with van der Waals surface area (Å²) in [5.41, 5.74) is 2.47. The van der Waals surface area contributed by atoms with Crippen LogP contribution in [0.1, 0.15) is 65.2 Å². The summed E-state index contributed by atoms with van der Waals surface area (Å²) in [5, 5.41) is 13.8. The average molecular weight is 291 g/mol. The van der Waals surface area contributed by atoms with E-state index in [-0.39, 0.29) is 17.9 Å². The Hall–Kier alpha value is -1.09. The van der Waals surface area contributed by atoms with Gasteiger partial charge in [-0.1, -0.05) is 24.6 Å². The second-order valence-electron chi connectivity index (χ2n) is 6.53. The van der Waals surface area contributed by atoms with Gasteiger partial charge in [0.15, 0.2) is 0 Å². The number of nitrogens with one attached hydrogen (secondary N) is 1. The van der Waals surface area contributed by atoms with E-state index in [0.29, 0.717) is 0 Å². The van der Waals surface area contributed by atoms with Gasteiger partial charge in [-0.05, 0) is 56.9 Å². The monoisotopic (exact) mass is 291 g/mol. The number of aliphatic hydroxyl groups is 1. The van der Waals surface area contributed by atoms with E-state index in [1.807, 2.05) is 0 Å². The SMILES string of the molecule is CC(=O)N[C@@H](C1=CCCCC1)[C@H](C)[C@H](O)C1=CCCCC1. The van der Waals surface area contributed by atoms with Gasteiger partial charge < -0.3 is 10.4 Å². The number of carbonyl (C=O) groups excluding carboxylic acids is 1. The van der Waals surface area contributed by atoms with Gasteiger partial charge in [0.25, 0.3) is 0 Å². The van der Waals surface area contributed by atoms with E-state index in [2.05, 4.69) is 24.4 Å². The smallest absolute Gasteiger partial charge is 0.217 e. The van der Waals surface area contributed by atoms with E-state index in [1.54, 1.807) is 6.92 Å². The molecule has 0 fully saturated rings.